The topological polar surface area (TPSA) is 66.9 Å². The maximum Gasteiger partial charge on any atom is 0.254 e. The van der Waals surface area contributed by atoms with Crippen molar-refractivity contribution in [2.45, 2.75) is 40.5 Å². The van der Waals surface area contributed by atoms with Crippen LogP contribution in [0.2, 0.25) is 0 Å². The molecule has 0 fully saturated rings. The molecule has 0 saturated heterocycles. The van der Waals surface area contributed by atoms with E-state index in [0.29, 0.717) is 29.9 Å². The Morgan fingerprint density at radius 2 is 1.60 bits per heavy atom. The van der Waals surface area contributed by atoms with Gasteiger partial charge in [0.25, 0.3) is 5.91 Å². The highest BCUT2D eigenvalue weighted by Crippen LogP contribution is 2.03. The van der Waals surface area contributed by atoms with Gasteiger partial charge in [-0.05, 0) is 24.7 Å². The Hall–Kier alpha value is -1.65. The summed E-state index contributed by atoms with van der Waals surface area (Å²) >= 11 is 0. The van der Waals surface area contributed by atoms with E-state index < -0.39 is 0 Å². The van der Waals surface area contributed by atoms with Crippen molar-refractivity contribution in [1.82, 2.24) is 15.3 Å². The SMILES string of the molecule is CC(C)CCNC(=O)c1cnc(NCCC(C)C)nc1. The zero-order valence-corrected chi connectivity index (χ0v) is 12.9. The molecule has 0 bridgehead atoms. The molecule has 0 aromatic carbocycles. The van der Waals surface area contributed by atoms with E-state index in [-0.39, 0.29) is 5.91 Å². The van der Waals surface area contributed by atoms with Crippen molar-refractivity contribution in [3.05, 3.63) is 18.0 Å². The van der Waals surface area contributed by atoms with Crippen molar-refractivity contribution in [3.8, 4) is 0 Å². The third kappa shape index (κ3) is 6.50. The van der Waals surface area contributed by atoms with E-state index in [0.717, 1.165) is 19.4 Å². The molecule has 0 atom stereocenters. The van der Waals surface area contributed by atoms with Crippen LogP contribution in [-0.4, -0.2) is 29.0 Å². The Morgan fingerprint density at radius 3 is 2.15 bits per heavy atom. The molecule has 5 heteroatoms. The smallest absolute Gasteiger partial charge is 0.254 e. The van der Waals surface area contributed by atoms with Gasteiger partial charge >= 0.3 is 0 Å². The molecule has 0 unspecified atom stereocenters. The summed E-state index contributed by atoms with van der Waals surface area (Å²) in [6, 6.07) is 0. The number of rotatable bonds is 8. The minimum atomic E-state index is -0.112. The lowest BCUT2D eigenvalue weighted by Crippen LogP contribution is -2.25. The lowest BCUT2D eigenvalue weighted by atomic mass is 10.1. The Labute approximate surface area is 121 Å². The number of carbonyl (C=O) groups excluding carboxylic acids is 1. The summed E-state index contributed by atoms with van der Waals surface area (Å²) in [6.07, 6.45) is 5.17. The highest BCUT2D eigenvalue weighted by atomic mass is 16.1. The lowest BCUT2D eigenvalue weighted by molar-refractivity contribution is 0.0951. The first kappa shape index (κ1) is 16.4. The van der Waals surface area contributed by atoms with Gasteiger partial charge in [-0.3, -0.25) is 4.79 Å². The van der Waals surface area contributed by atoms with E-state index in [9.17, 15) is 4.79 Å². The van der Waals surface area contributed by atoms with Gasteiger partial charge in [-0.15, -0.1) is 0 Å². The first-order valence-electron chi connectivity index (χ1n) is 7.33. The van der Waals surface area contributed by atoms with Gasteiger partial charge in [-0.25, -0.2) is 9.97 Å². The average molecular weight is 278 g/mol. The molecule has 0 radical (unpaired) electrons. The van der Waals surface area contributed by atoms with Crippen LogP contribution in [0.25, 0.3) is 0 Å². The largest absolute Gasteiger partial charge is 0.354 e. The maximum absolute atomic E-state index is 11.8. The second-order valence-corrected chi connectivity index (χ2v) is 5.84. The number of aromatic nitrogens is 2. The Bertz CT molecular complexity index is 401. The van der Waals surface area contributed by atoms with Crippen LogP contribution in [0.5, 0.6) is 0 Å². The van der Waals surface area contributed by atoms with Gasteiger partial charge in [-0.1, -0.05) is 27.7 Å². The molecule has 1 aromatic heterocycles. The Balaban J connectivity index is 2.39. The third-order valence-electron chi connectivity index (χ3n) is 2.93. The zero-order chi connectivity index (χ0) is 15.0. The lowest BCUT2D eigenvalue weighted by Gasteiger charge is -2.08. The van der Waals surface area contributed by atoms with Gasteiger partial charge in [-0.2, -0.15) is 0 Å². The van der Waals surface area contributed by atoms with Gasteiger partial charge in [0.2, 0.25) is 5.95 Å². The summed E-state index contributed by atoms with van der Waals surface area (Å²) in [5.41, 5.74) is 0.503. The fourth-order valence-corrected chi connectivity index (χ4v) is 1.59. The van der Waals surface area contributed by atoms with Crippen LogP contribution in [-0.2, 0) is 0 Å². The molecule has 0 spiro atoms. The predicted octanol–water partition coefficient (Wildman–Crippen LogP) is 2.71. The summed E-state index contributed by atoms with van der Waals surface area (Å²) < 4.78 is 0. The number of nitrogens with one attached hydrogen (secondary N) is 2. The monoisotopic (exact) mass is 278 g/mol. The van der Waals surface area contributed by atoms with Crippen LogP contribution in [0.3, 0.4) is 0 Å². The fourth-order valence-electron chi connectivity index (χ4n) is 1.59. The van der Waals surface area contributed by atoms with E-state index in [2.05, 4.69) is 48.3 Å². The van der Waals surface area contributed by atoms with Crippen molar-refractivity contribution in [2.24, 2.45) is 11.8 Å². The summed E-state index contributed by atoms with van der Waals surface area (Å²) in [6.45, 7) is 10.1. The van der Waals surface area contributed by atoms with Gasteiger partial charge in [0.15, 0.2) is 0 Å². The molecular weight excluding hydrogens is 252 g/mol. The van der Waals surface area contributed by atoms with Gasteiger partial charge in [0.1, 0.15) is 0 Å². The number of amides is 1. The van der Waals surface area contributed by atoms with Crippen LogP contribution >= 0.6 is 0 Å². The molecular formula is C15H26N4O. The Morgan fingerprint density at radius 1 is 1.05 bits per heavy atom. The number of nitrogens with zero attached hydrogens (tertiary/aromatic N) is 2. The van der Waals surface area contributed by atoms with Gasteiger partial charge in [0, 0.05) is 25.5 Å². The van der Waals surface area contributed by atoms with Gasteiger partial charge < -0.3 is 10.6 Å². The number of carbonyl (C=O) groups is 1. The molecule has 1 aromatic rings. The minimum Gasteiger partial charge on any atom is -0.354 e. The molecule has 1 heterocycles. The Kier molecular flexibility index (Phi) is 6.98. The van der Waals surface area contributed by atoms with Crippen LogP contribution in [0.15, 0.2) is 12.4 Å². The second-order valence-electron chi connectivity index (χ2n) is 5.84. The fraction of sp³-hybridized carbons (Fsp3) is 0.667. The van der Waals surface area contributed by atoms with E-state index in [4.69, 9.17) is 0 Å². The summed E-state index contributed by atoms with van der Waals surface area (Å²) in [5.74, 6) is 1.69. The van der Waals surface area contributed by atoms with Crippen molar-refractivity contribution in [1.29, 1.82) is 0 Å². The highest BCUT2D eigenvalue weighted by Gasteiger charge is 2.07. The van der Waals surface area contributed by atoms with Gasteiger partial charge in [0.05, 0.1) is 5.56 Å². The molecule has 112 valence electrons. The van der Waals surface area contributed by atoms with Crippen LogP contribution in [0.4, 0.5) is 5.95 Å². The molecule has 0 aliphatic rings. The average Bonchev–Trinajstić information content (AvgIpc) is 2.38. The third-order valence-corrected chi connectivity index (χ3v) is 2.93. The molecule has 1 rings (SSSR count). The first-order chi connectivity index (χ1) is 9.49. The van der Waals surface area contributed by atoms with Crippen molar-refractivity contribution < 1.29 is 4.79 Å². The number of hydrogen-bond donors (Lipinski definition) is 2. The molecule has 0 aliphatic heterocycles. The summed E-state index contributed by atoms with van der Waals surface area (Å²) in [4.78, 5) is 20.1. The number of anilines is 1. The highest BCUT2D eigenvalue weighted by molar-refractivity contribution is 5.93. The zero-order valence-electron chi connectivity index (χ0n) is 12.9. The van der Waals surface area contributed by atoms with E-state index >= 15 is 0 Å². The van der Waals surface area contributed by atoms with E-state index in [1.54, 1.807) is 12.4 Å². The summed E-state index contributed by atoms with van der Waals surface area (Å²) in [7, 11) is 0. The maximum atomic E-state index is 11.8. The van der Waals surface area contributed by atoms with Crippen molar-refractivity contribution >= 4 is 11.9 Å². The predicted molar refractivity (Wildman–Crippen MR) is 81.8 cm³/mol. The second kappa shape index (κ2) is 8.51. The van der Waals surface area contributed by atoms with E-state index in [1.807, 2.05) is 0 Å². The molecule has 5 nitrogen and oxygen atoms in total. The van der Waals surface area contributed by atoms with E-state index in [1.165, 1.54) is 0 Å². The van der Waals surface area contributed by atoms with Crippen LogP contribution in [0, 0.1) is 11.8 Å². The molecule has 0 saturated carbocycles. The number of hydrogen-bond acceptors (Lipinski definition) is 4. The molecule has 1 amide bonds. The molecule has 2 N–H and O–H groups in total. The van der Waals surface area contributed by atoms with Crippen LogP contribution in [0.1, 0.15) is 50.9 Å². The normalized spacial score (nSPS) is 10.9. The van der Waals surface area contributed by atoms with Crippen molar-refractivity contribution in [3.63, 3.8) is 0 Å². The van der Waals surface area contributed by atoms with Crippen LogP contribution < -0.4 is 10.6 Å². The molecule has 20 heavy (non-hydrogen) atoms. The molecule has 0 aliphatic carbocycles. The standard InChI is InChI=1S/C15H26N4O/c1-11(2)5-7-16-14(20)13-9-18-15(19-10-13)17-8-6-12(3)4/h9-12H,5-8H2,1-4H3,(H,16,20)(H,17,18,19). The summed E-state index contributed by atoms with van der Waals surface area (Å²) in [5, 5.41) is 6.01. The first-order valence-corrected chi connectivity index (χ1v) is 7.33. The quantitative estimate of drug-likeness (QED) is 0.767. The van der Waals surface area contributed by atoms with Crippen molar-refractivity contribution in [2.75, 3.05) is 18.4 Å². The minimum absolute atomic E-state index is 0.112.